The molecule has 1 aliphatic rings. The molecule has 5 heteroatoms. The van der Waals surface area contributed by atoms with Gasteiger partial charge < -0.3 is 9.32 Å². The molecule has 5 nitrogen and oxygen atoms in total. The van der Waals surface area contributed by atoms with Crippen LogP contribution in [-0.2, 0) is 16.1 Å². The van der Waals surface area contributed by atoms with Crippen molar-refractivity contribution in [3.05, 3.63) is 17.3 Å². The summed E-state index contributed by atoms with van der Waals surface area (Å²) in [5.74, 6) is 1.06. The molecule has 80 valence electrons. The molecule has 1 fully saturated rings. The minimum absolute atomic E-state index is 0.0126. The quantitative estimate of drug-likeness (QED) is 0.667. The summed E-state index contributed by atoms with van der Waals surface area (Å²) in [7, 11) is 0. The van der Waals surface area contributed by atoms with E-state index in [1.54, 1.807) is 0 Å². The minimum Gasteiger partial charge on any atom is -0.444 e. The Balaban J connectivity index is 2.09. The number of hydrogen-bond acceptors (Lipinski definition) is 4. The van der Waals surface area contributed by atoms with Crippen LogP contribution in [0.1, 0.15) is 23.8 Å². The van der Waals surface area contributed by atoms with E-state index in [0.29, 0.717) is 12.4 Å². The lowest BCUT2D eigenvalue weighted by molar-refractivity contribution is -0.128. The number of likely N-dealkylation sites (tertiary alicyclic amines) is 1. The van der Waals surface area contributed by atoms with E-state index >= 15 is 0 Å². The van der Waals surface area contributed by atoms with Gasteiger partial charge in [-0.1, -0.05) is 0 Å². The molecule has 0 aliphatic carbocycles. The lowest BCUT2D eigenvalue weighted by Gasteiger charge is -2.10. The van der Waals surface area contributed by atoms with Gasteiger partial charge in [0.05, 0.1) is 25.2 Å². The van der Waals surface area contributed by atoms with Gasteiger partial charge in [-0.15, -0.1) is 0 Å². The fourth-order valence-corrected chi connectivity index (χ4v) is 1.55. The summed E-state index contributed by atoms with van der Waals surface area (Å²) in [5.41, 5.74) is 0.822. The molecule has 1 aromatic rings. The first-order chi connectivity index (χ1) is 7.06. The van der Waals surface area contributed by atoms with Crippen LogP contribution in [0.4, 0.5) is 0 Å². The zero-order valence-corrected chi connectivity index (χ0v) is 8.74. The Kier molecular flexibility index (Phi) is 2.30. The van der Waals surface area contributed by atoms with Crippen molar-refractivity contribution in [3.63, 3.8) is 0 Å². The Hall–Kier alpha value is -1.65. The molecule has 1 amide bonds. The van der Waals surface area contributed by atoms with Gasteiger partial charge in [0.15, 0.2) is 5.78 Å². The smallest absolute Gasteiger partial charge is 0.230 e. The zero-order chi connectivity index (χ0) is 11.0. The van der Waals surface area contributed by atoms with E-state index in [1.807, 2.05) is 13.8 Å². The third kappa shape index (κ3) is 1.91. The maximum atomic E-state index is 11.3. The predicted molar refractivity (Wildman–Crippen MR) is 51.0 cm³/mol. The van der Waals surface area contributed by atoms with Crippen molar-refractivity contribution in [1.82, 2.24) is 9.88 Å². The molecule has 0 spiro atoms. The number of aromatic nitrogens is 1. The van der Waals surface area contributed by atoms with E-state index in [0.717, 1.165) is 11.5 Å². The van der Waals surface area contributed by atoms with Crippen LogP contribution in [0.5, 0.6) is 0 Å². The van der Waals surface area contributed by atoms with Crippen LogP contribution in [0.3, 0.4) is 0 Å². The van der Waals surface area contributed by atoms with Gasteiger partial charge in [-0.3, -0.25) is 9.59 Å². The third-order valence-corrected chi connectivity index (χ3v) is 2.47. The topological polar surface area (TPSA) is 63.4 Å². The van der Waals surface area contributed by atoms with Gasteiger partial charge in [0, 0.05) is 0 Å². The average Bonchev–Trinajstić information content (AvgIpc) is 2.59. The predicted octanol–water partition coefficient (Wildman–Crippen LogP) is 0.593. The second-order valence-electron chi connectivity index (χ2n) is 3.71. The van der Waals surface area contributed by atoms with E-state index in [4.69, 9.17) is 4.42 Å². The van der Waals surface area contributed by atoms with Gasteiger partial charge >= 0.3 is 0 Å². The highest BCUT2D eigenvalue weighted by atomic mass is 16.4. The number of carbonyl (C=O) groups is 2. The Morgan fingerprint density at radius 2 is 2.13 bits per heavy atom. The lowest BCUT2D eigenvalue weighted by atomic mass is 10.3. The van der Waals surface area contributed by atoms with Crippen LogP contribution in [0.15, 0.2) is 4.42 Å². The highest BCUT2D eigenvalue weighted by molar-refractivity contribution is 6.05. The highest BCUT2D eigenvalue weighted by Crippen LogP contribution is 2.14. The molecule has 0 saturated carbocycles. The van der Waals surface area contributed by atoms with Crippen molar-refractivity contribution in [1.29, 1.82) is 0 Å². The van der Waals surface area contributed by atoms with Gasteiger partial charge in [0.25, 0.3) is 0 Å². The molecule has 0 radical (unpaired) electrons. The van der Waals surface area contributed by atoms with Crippen molar-refractivity contribution in [2.24, 2.45) is 0 Å². The van der Waals surface area contributed by atoms with E-state index in [-0.39, 0.29) is 24.7 Å². The minimum atomic E-state index is -0.145. The van der Waals surface area contributed by atoms with Crippen LogP contribution < -0.4 is 0 Å². The van der Waals surface area contributed by atoms with Crippen LogP contribution in [0.2, 0.25) is 0 Å². The Labute approximate surface area is 87.1 Å². The van der Waals surface area contributed by atoms with Gasteiger partial charge in [0.2, 0.25) is 11.8 Å². The monoisotopic (exact) mass is 208 g/mol. The maximum absolute atomic E-state index is 11.3. The van der Waals surface area contributed by atoms with E-state index in [2.05, 4.69) is 4.98 Å². The van der Waals surface area contributed by atoms with Gasteiger partial charge in [-0.2, -0.15) is 0 Å². The number of Topliss-reactive ketones (excluding diaryl/α,β-unsaturated/α-hetero) is 1. The molecule has 1 aromatic heterocycles. The average molecular weight is 208 g/mol. The third-order valence-electron chi connectivity index (χ3n) is 2.47. The van der Waals surface area contributed by atoms with Crippen LogP contribution in [0, 0.1) is 13.8 Å². The Bertz CT molecular complexity index is 403. The first-order valence-corrected chi connectivity index (χ1v) is 4.78. The molecule has 1 saturated heterocycles. The van der Waals surface area contributed by atoms with Crippen molar-refractivity contribution in [2.45, 2.75) is 26.8 Å². The molecule has 0 aromatic carbocycles. The molecular formula is C10H12N2O3. The summed E-state index contributed by atoms with van der Waals surface area (Å²) in [4.78, 5) is 28.0. The summed E-state index contributed by atoms with van der Waals surface area (Å²) in [5, 5.41) is 0. The number of hydrogen-bond donors (Lipinski definition) is 0. The maximum Gasteiger partial charge on any atom is 0.230 e. The molecule has 2 rings (SSSR count). The van der Waals surface area contributed by atoms with E-state index in [1.165, 1.54) is 4.90 Å². The summed E-state index contributed by atoms with van der Waals surface area (Å²) in [6.45, 7) is 4.14. The Morgan fingerprint density at radius 1 is 1.40 bits per heavy atom. The summed E-state index contributed by atoms with van der Waals surface area (Å²) < 4.78 is 5.34. The second-order valence-corrected chi connectivity index (χ2v) is 3.71. The standard InChI is InChI=1S/C10H12N2O3/c1-6-7(2)15-9(11-6)5-12-4-8(13)3-10(12)14/h3-5H2,1-2H3. The molecule has 1 aliphatic heterocycles. The first kappa shape index (κ1) is 9.89. The first-order valence-electron chi connectivity index (χ1n) is 4.78. The normalized spacial score (nSPS) is 16.5. The Morgan fingerprint density at radius 3 is 2.60 bits per heavy atom. The number of aryl methyl sites for hydroxylation is 2. The molecule has 2 heterocycles. The van der Waals surface area contributed by atoms with E-state index < -0.39 is 0 Å². The van der Waals surface area contributed by atoms with Gasteiger partial charge in [-0.25, -0.2) is 4.98 Å². The van der Waals surface area contributed by atoms with Crippen molar-refractivity contribution < 1.29 is 14.0 Å². The SMILES string of the molecule is Cc1nc(CN2CC(=O)CC2=O)oc1C. The fraction of sp³-hybridized carbons (Fsp3) is 0.500. The molecule has 0 bridgehead atoms. The molecule has 15 heavy (non-hydrogen) atoms. The second kappa shape index (κ2) is 3.49. The van der Waals surface area contributed by atoms with Crippen molar-refractivity contribution in [2.75, 3.05) is 6.54 Å². The van der Waals surface area contributed by atoms with Crippen molar-refractivity contribution >= 4 is 11.7 Å². The van der Waals surface area contributed by atoms with Crippen LogP contribution in [0.25, 0.3) is 0 Å². The number of amides is 1. The lowest BCUT2D eigenvalue weighted by Crippen LogP contribution is -2.24. The largest absolute Gasteiger partial charge is 0.444 e. The zero-order valence-electron chi connectivity index (χ0n) is 8.74. The van der Waals surface area contributed by atoms with Gasteiger partial charge in [0.1, 0.15) is 5.76 Å². The molecular weight excluding hydrogens is 196 g/mol. The van der Waals surface area contributed by atoms with Crippen LogP contribution in [-0.4, -0.2) is 28.1 Å². The van der Waals surface area contributed by atoms with E-state index in [9.17, 15) is 9.59 Å². The molecule has 0 atom stereocenters. The van der Waals surface area contributed by atoms with Crippen molar-refractivity contribution in [3.8, 4) is 0 Å². The summed E-state index contributed by atoms with van der Waals surface area (Å²) >= 11 is 0. The number of oxazole rings is 1. The van der Waals surface area contributed by atoms with Crippen LogP contribution >= 0.6 is 0 Å². The van der Waals surface area contributed by atoms with Gasteiger partial charge in [-0.05, 0) is 13.8 Å². The summed E-state index contributed by atoms with van der Waals surface area (Å²) in [6.07, 6.45) is 0.0126. The summed E-state index contributed by atoms with van der Waals surface area (Å²) in [6, 6.07) is 0. The number of nitrogens with zero attached hydrogens (tertiary/aromatic N) is 2. The molecule has 0 N–H and O–H groups in total. The fourth-order valence-electron chi connectivity index (χ4n) is 1.55. The number of rotatable bonds is 2. The highest BCUT2D eigenvalue weighted by Gasteiger charge is 2.28. The number of ketones is 1. The number of carbonyl (C=O) groups excluding carboxylic acids is 2. The molecule has 0 unspecified atom stereocenters.